The van der Waals surface area contributed by atoms with Gasteiger partial charge in [-0.2, -0.15) is 0 Å². The molecule has 2 rings (SSSR count). The van der Waals surface area contributed by atoms with Gasteiger partial charge in [0.05, 0.1) is 11.1 Å². The van der Waals surface area contributed by atoms with Crippen molar-refractivity contribution in [1.82, 2.24) is 10.6 Å². The van der Waals surface area contributed by atoms with Crippen molar-refractivity contribution in [3.8, 4) is 0 Å². The maximum Gasteiger partial charge on any atom is 0.315 e. The highest BCUT2D eigenvalue weighted by atomic mass is 35.5. The van der Waals surface area contributed by atoms with Crippen molar-refractivity contribution in [2.24, 2.45) is 5.92 Å². The molecule has 1 aromatic rings. The number of urea groups is 1. The summed E-state index contributed by atoms with van der Waals surface area (Å²) in [5.41, 5.74) is 0.740. The largest absolute Gasteiger partial charge is 0.393 e. The van der Waals surface area contributed by atoms with E-state index in [-0.39, 0.29) is 17.2 Å². The Balaban J connectivity index is 1.70. The van der Waals surface area contributed by atoms with E-state index in [4.69, 9.17) is 11.6 Å². The maximum absolute atomic E-state index is 13.0. The zero-order chi connectivity index (χ0) is 15.2. The first-order valence-corrected chi connectivity index (χ1v) is 7.56. The van der Waals surface area contributed by atoms with Crippen LogP contribution in [0.3, 0.4) is 0 Å². The van der Waals surface area contributed by atoms with Crippen LogP contribution < -0.4 is 10.6 Å². The fraction of sp³-hybridized carbons (Fsp3) is 0.533. The molecule has 1 saturated carbocycles. The van der Waals surface area contributed by atoms with Crippen LogP contribution in [0.2, 0.25) is 5.02 Å². The molecule has 0 aromatic heterocycles. The molecule has 6 heteroatoms. The molecular formula is C15H20ClFN2O2. The van der Waals surface area contributed by atoms with Crippen molar-refractivity contribution < 1.29 is 14.3 Å². The van der Waals surface area contributed by atoms with Gasteiger partial charge in [-0.25, -0.2) is 9.18 Å². The van der Waals surface area contributed by atoms with E-state index in [0.29, 0.717) is 19.0 Å². The van der Waals surface area contributed by atoms with Gasteiger partial charge in [0.1, 0.15) is 5.82 Å². The zero-order valence-electron chi connectivity index (χ0n) is 11.7. The molecule has 2 unspecified atom stereocenters. The maximum atomic E-state index is 13.0. The second-order valence-electron chi connectivity index (χ2n) is 5.50. The number of rotatable bonds is 4. The Morgan fingerprint density at radius 2 is 2.19 bits per heavy atom. The summed E-state index contributed by atoms with van der Waals surface area (Å²) >= 11 is 5.68. The van der Waals surface area contributed by atoms with Crippen LogP contribution in [0.5, 0.6) is 0 Å². The molecule has 21 heavy (non-hydrogen) atoms. The van der Waals surface area contributed by atoms with Crippen LogP contribution in [0, 0.1) is 11.7 Å². The number of amides is 2. The van der Waals surface area contributed by atoms with Gasteiger partial charge in [0.15, 0.2) is 0 Å². The zero-order valence-corrected chi connectivity index (χ0v) is 12.5. The molecule has 4 nitrogen and oxygen atoms in total. The number of carbonyl (C=O) groups excluding carboxylic acids is 1. The lowest BCUT2D eigenvalue weighted by atomic mass is 9.87. The van der Waals surface area contributed by atoms with Crippen LogP contribution in [0.4, 0.5) is 9.18 Å². The number of hydrogen-bond donors (Lipinski definition) is 3. The second kappa shape index (κ2) is 7.61. The molecule has 0 radical (unpaired) electrons. The van der Waals surface area contributed by atoms with Crippen molar-refractivity contribution in [3.05, 3.63) is 34.6 Å². The summed E-state index contributed by atoms with van der Waals surface area (Å²) in [5.74, 6) is -0.138. The van der Waals surface area contributed by atoms with E-state index in [9.17, 15) is 14.3 Å². The van der Waals surface area contributed by atoms with Crippen LogP contribution in [0.15, 0.2) is 18.2 Å². The summed E-state index contributed by atoms with van der Waals surface area (Å²) in [6.07, 6.45) is 3.39. The first-order valence-electron chi connectivity index (χ1n) is 7.18. The summed E-state index contributed by atoms with van der Waals surface area (Å²) < 4.78 is 13.0. The lowest BCUT2D eigenvalue weighted by molar-refractivity contribution is 0.101. The first-order chi connectivity index (χ1) is 10.0. The van der Waals surface area contributed by atoms with Crippen molar-refractivity contribution >= 4 is 17.6 Å². The van der Waals surface area contributed by atoms with Gasteiger partial charge in [0.2, 0.25) is 0 Å². The van der Waals surface area contributed by atoms with E-state index in [0.717, 1.165) is 31.2 Å². The lowest BCUT2D eigenvalue weighted by Crippen LogP contribution is -2.39. The number of benzene rings is 1. The number of halogens is 2. The van der Waals surface area contributed by atoms with Crippen LogP contribution >= 0.6 is 11.6 Å². The molecule has 1 aromatic carbocycles. The highest BCUT2D eigenvalue weighted by Gasteiger charge is 2.20. The molecule has 1 fully saturated rings. The smallest absolute Gasteiger partial charge is 0.315 e. The van der Waals surface area contributed by atoms with Crippen LogP contribution in [-0.4, -0.2) is 23.8 Å². The second-order valence-corrected chi connectivity index (χ2v) is 5.91. The first kappa shape index (κ1) is 16.0. The molecule has 116 valence electrons. The molecule has 0 heterocycles. The Labute approximate surface area is 128 Å². The lowest BCUT2D eigenvalue weighted by Gasteiger charge is -2.25. The number of nitrogens with one attached hydrogen (secondary N) is 2. The molecule has 0 bridgehead atoms. The summed E-state index contributed by atoms with van der Waals surface area (Å²) in [4.78, 5) is 11.7. The number of carbonyl (C=O) groups is 1. The normalized spacial score (nSPS) is 21.9. The molecule has 3 N–H and O–H groups in total. The van der Waals surface area contributed by atoms with E-state index in [2.05, 4.69) is 10.6 Å². The van der Waals surface area contributed by atoms with E-state index in [1.165, 1.54) is 12.1 Å². The Hall–Kier alpha value is -1.33. The average Bonchev–Trinajstić information content (AvgIpc) is 2.46. The average molecular weight is 315 g/mol. The van der Waals surface area contributed by atoms with Gasteiger partial charge in [0.25, 0.3) is 0 Å². The summed E-state index contributed by atoms with van der Waals surface area (Å²) in [6, 6.07) is 4.09. The minimum Gasteiger partial charge on any atom is -0.393 e. The molecule has 0 spiro atoms. The topological polar surface area (TPSA) is 61.4 Å². The van der Waals surface area contributed by atoms with Gasteiger partial charge in [-0.3, -0.25) is 0 Å². The van der Waals surface area contributed by atoms with Crippen molar-refractivity contribution in [1.29, 1.82) is 0 Å². The fourth-order valence-corrected chi connectivity index (χ4v) is 2.78. The van der Waals surface area contributed by atoms with Gasteiger partial charge >= 0.3 is 6.03 Å². The summed E-state index contributed by atoms with van der Waals surface area (Å²) in [5, 5.41) is 15.1. The molecule has 2 amide bonds. The standard InChI is InChI=1S/C15H20ClFN2O2/c16-13-7-11(4-5-14(13)17)9-19-15(21)18-8-10-2-1-3-12(20)6-10/h4-5,7,10,12,20H,1-3,6,8-9H2,(H2,18,19,21). The Morgan fingerprint density at radius 3 is 2.90 bits per heavy atom. The van der Waals surface area contributed by atoms with Crippen molar-refractivity contribution in [3.63, 3.8) is 0 Å². The summed E-state index contributed by atoms with van der Waals surface area (Å²) in [7, 11) is 0. The highest BCUT2D eigenvalue weighted by molar-refractivity contribution is 6.30. The predicted molar refractivity (Wildman–Crippen MR) is 79.6 cm³/mol. The van der Waals surface area contributed by atoms with Crippen LogP contribution in [0.1, 0.15) is 31.2 Å². The Kier molecular flexibility index (Phi) is 5.82. The number of aliphatic hydroxyl groups excluding tert-OH is 1. The molecule has 1 aliphatic rings. The molecule has 1 aliphatic carbocycles. The van der Waals surface area contributed by atoms with E-state index < -0.39 is 5.82 Å². The predicted octanol–water partition coefficient (Wildman–Crippen LogP) is 2.83. The van der Waals surface area contributed by atoms with Gasteiger partial charge in [-0.05, 0) is 42.9 Å². The van der Waals surface area contributed by atoms with E-state index in [1.807, 2.05) is 0 Å². The molecule has 0 aliphatic heterocycles. The molecule has 0 saturated heterocycles. The Morgan fingerprint density at radius 1 is 1.38 bits per heavy atom. The SMILES string of the molecule is O=C(NCc1ccc(F)c(Cl)c1)NCC1CCCC(O)C1. The van der Waals surface area contributed by atoms with Gasteiger partial charge in [-0.1, -0.05) is 24.1 Å². The monoisotopic (exact) mass is 314 g/mol. The third kappa shape index (κ3) is 5.17. The van der Waals surface area contributed by atoms with Crippen molar-refractivity contribution in [2.45, 2.75) is 38.3 Å². The van der Waals surface area contributed by atoms with E-state index in [1.54, 1.807) is 6.07 Å². The highest BCUT2D eigenvalue weighted by Crippen LogP contribution is 2.23. The number of aliphatic hydroxyl groups is 1. The minimum absolute atomic E-state index is 0.0471. The molecular weight excluding hydrogens is 295 g/mol. The Bertz CT molecular complexity index is 499. The van der Waals surface area contributed by atoms with Gasteiger partial charge in [-0.15, -0.1) is 0 Å². The van der Waals surface area contributed by atoms with Gasteiger partial charge in [0, 0.05) is 13.1 Å². The van der Waals surface area contributed by atoms with Crippen LogP contribution in [-0.2, 0) is 6.54 Å². The minimum atomic E-state index is -0.472. The molecule has 2 atom stereocenters. The quantitative estimate of drug-likeness (QED) is 0.800. The van der Waals surface area contributed by atoms with Gasteiger partial charge < -0.3 is 15.7 Å². The third-order valence-corrected chi connectivity index (χ3v) is 4.03. The number of hydrogen-bond acceptors (Lipinski definition) is 2. The fourth-order valence-electron chi connectivity index (χ4n) is 2.58. The van der Waals surface area contributed by atoms with E-state index >= 15 is 0 Å². The third-order valence-electron chi connectivity index (χ3n) is 3.74. The summed E-state index contributed by atoms with van der Waals surface area (Å²) in [6.45, 7) is 0.853. The van der Waals surface area contributed by atoms with Crippen LogP contribution in [0.25, 0.3) is 0 Å². The van der Waals surface area contributed by atoms with Crippen molar-refractivity contribution in [2.75, 3.05) is 6.54 Å².